The van der Waals surface area contributed by atoms with Gasteiger partial charge >= 0.3 is 0 Å². The normalized spacial score (nSPS) is 20.6. The van der Waals surface area contributed by atoms with Crippen LogP contribution in [0, 0.1) is 6.92 Å². The van der Waals surface area contributed by atoms with Crippen molar-refractivity contribution in [1.29, 1.82) is 0 Å². The van der Waals surface area contributed by atoms with Crippen LogP contribution in [-0.4, -0.2) is 48.6 Å². The zero-order chi connectivity index (χ0) is 18.6. The van der Waals surface area contributed by atoms with Crippen LogP contribution >= 0.6 is 0 Å². The number of hydrogen-bond acceptors (Lipinski definition) is 4. The number of piperidine rings is 1. The highest BCUT2D eigenvalue weighted by Gasteiger charge is 2.28. The third kappa shape index (κ3) is 3.83. The number of likely N-dealkylation sites (tertiary alicyclic amines) is 1. The SMILES string of the molecule is Cc1ccccc1C1CN(c2ncccc2C(=O)N2CCCCC2)CCO1. The summed E-state index contributed by atoms with van der Waals surface area (Å²) in [6.07, 6.45) is 5.17. The number of hydrogen-bond donors (Lipinski definition) is 0. The van der Waals surface area contributed by atoms with Crippen molar-refractivity contribution in [3.05, 3.63) is 59.3 Å². The van der Waals surface area contributed by atoms with Gasteiger partial charge in [0.1, 0.15) is 11.9 Å². The van der Waals surface area contributed by atoms with Crippen LogP contribution in [0.2, 0.25) is 0 Å². The van der Waals surface area contributed by atoms with Crippen molar-refractivity contribution in [2.75, 3.05) is 37.7 Å². The lowest BCUT2D eigenvalue weighted by Crippen LogP contribution is -2.41. The second-order valence-corrected chi connectivity index (χ2v) is 7.39. The van der Waals surface area contributed by atoms with Crippen molar-refractivity contribution in [2.45, 2.75) is 32.3 Å². The predicted molar refractivity (Wildman–Crippen MR) is 106 cm³/mol. The maximum absolute atomic E-state index is 13.1. The number of amides is 1. The van der Waals surface area contributed by atoms with Crippen LogP contribution in [0.4, 0.5) is 5.82 Å². The minimum Gasteiger partial charge on any atom is -0.370 e. The molecule has 1 aromatic heterocycles. The average molecular weight is 365 g/mol. The smallest absolute Gasteiger partial charge is 0.257 e. The van der Waals surface area contributed by atoms with E-state index in [4.69, 9.17) is 4.74 Å². The van der Waals surface area contributed by atoms with E-state index in [0.29, 0.717) is 18.7 Å². The van der Waals surface area contributed by atoms with Gasteiger partial charge in [-0.3, -0.25) is 4.79 Å². The molecule has 142 valence electrons. The molecule has 1 amide bonds. The Labute approximate surface area is 161 Å². The van der Waals surface area contributed by atoms with Crippen molar-refractivity contribution in [3.8, 4) is 0 Å². The quantitative estimate of drug-likeness (QED) is 0.834. The Kier molecular flexibility index (Phi) is 5.39. The molecule has 5 heteroatoms. The van der Waals surface area contributed by atoms with E-state index in [0.717, 1.165) is 38.3 Å². The minimum atomic E-state index is -0.0000974. The molecule has 2 fully saturated rings. The number of benzene rings is 1. The number of rotatable bonds is 3. The molecular weight excluding hydrogens is 338 g/mol. The second-order valence-electron chi connectivity index (χ2n) is 7.39. The van der Waals surface area contributed by atoms with Gasteiger partial charge < -0.3 is 14.5 Å². The highest BCUT2D eigenvalue weighted by atomic mass is 16.5. The van der Waals surface area contributed by atoms with Crippen molar-refractivity contribution in [1.82, 2.24) is 9.88 Å². The van der Waals surface area contributed by atoms with Gasteiger partial charge in [-0.15, -0.1) is 0 Å². The van der Waals surface area contributed by atoms with Gasteiger partial charge in [0, 0.05) is 32.4 Å². The monoisotopic (exact) mass is 365 g/mol. The first-order valence-electron chi connectivity index (χ1n) is 9.90. The zero-order valence-electron chi connectivity index (χ0n) is 15.9. The number of ether oxygens (including phenoxy) is 1. The summed E-state index contributed by atoms with van der Waals surface area (Å²) in [4.78, 5) is 21.9. The van der Waals surface area contributed by atoms with E-state index in [1.807, 2.05) is 23.1 Å². The molecule has 5 nitrogen and oxygen atoms in total. The summed E-state index contributed by atoms with van der Waals surface area (Å²) >= 11 is 0. The van der Waals surface area contributed by atoms with E-state index in [1.54, 1.807) is 6.20 Å². The van der Waals surface area contributed by atoms with E-state index in [2.05, 4.69) is 35.0 Å². The first-order chi connectivity index (χ1) is 13.2. The molecule has 0 spiro atoms. The number of aromatic nitrogens is 1. The Morgan fingerprint density at radius 1 is 1.07 bits per heavy atom. The predicted octanol–water partition coefficient (Wildman–Crippen LogP) is 3.59. The van der Waals surface area contributed by atoms with E-state index in [1.165, 1.54) is 17.5 Å². The van der Waals surface area contributed by atoms with Crippen molar-refractivity contribution in [2.24, 2.45) is 0 Å². The molecular formula is C22H27N3O2. The summed E-state index contributed by atoms with van der Waals surface area (Å²) in [5.74, 6) is 0.895. The number of anilines is 1. The lowest BCUT2D eigenvalue weighted by Gasteiger charge is -2.36. The molecule has 27 heavy (non-hydrogen) atoms. The van der Waals surface area contributed by atoms with Gasteiger partial charge in [-0.25, -0.2) is 4.98 Å². The summed E-state index contributed by atoms with van der Waals surface area (Å²) in [5.41, 5.74) is 3.15. The molecule has 2 saturated heterocycles. The topological polar surface area (TPSA) is 45.7 Å². The number of carbonyl (C=O) groups is 1. The standard InChI is InChI=1S/C22H27N3O2/c1-17-8-3-4-9-18(17)20-16-25(14-15-27-20)21-19(10-7-11-23-21)22(26)24-12-5-2-6-13-24/h3-4,7-11,20H,2,5-6,12-16H2,1H3. The minimum absolute atomic E-state index is 0.0000974. The highest BCUT2D eigenvalue weighted by molar-refractivity contribution is 5.99. The number of morpholine rings is 1. The Balaban J connectivity index is 1.58. The first-order valence-corrected chi connectivity index (χ1v) is 9.90. The van der Waals surface area contributed by atoms with Crippen LogP contribution in [0.1, 0.15) is 46.9 Å². The van der Waals surface area contributed by atoms with Crippen LogP contribution in [0.15, 0.2) is 42.6 Å². The van der Waals surface area contributed by atoms with Gasteiger partial charge in [-0.1, -0.05) is 24.3 Å². The van der Waals surface area contributed by atoms with Crippen LogP contribution in [-0.2, 0) is 4.74 Å². The maximum atomic E-state index is 13.1. The number of aryl methyl sites for hydroxylation is 1. The molecule has 0 aliphatic carbocycles. The van der Waals surface area contributed by atoms with Crippen molar-refractivity contribution in [3.63, 3.8) is 0 Å². The fourth-order valence-electron chi connectivity index (χ4n) is 4.06. The van der Waals surface area contributed by atoms with Gasteiger partial charge in [-0.2, -0.15) is 0 Å². The van der Waals surface area contributed by atoms with Gasteiger partial charge in [0.05, 0.1) is 12.2 Å². The lowest BCUT2D eigenvalue weighted by atomic mass is 10.0. The Morgan fingerprint density at radius 2 is 1.89 bits per heavy atom. The zero-order valence-corrected chi connectivity index (χ0v) is 15.9. The summed E-state index contributed by atoms with van der Waals surface area (Å²) < 4.78 is 6.05. The molecule has 1 aromatic carbocycles. The fraction of sp³-hybridized carbons (Fsp3) is 0.455. The molecule has 3 heterocycles. The summed E-state index contributed by atoms with van der Waals surface area (Å²) in [6.45, 7) is 5.91. The molecule has 4 rings (SSSR count). The van der Waals surface area contributed by atoms with Gasteiger partial charge in [0.15, 0.2) is 0 Å². The molecule has 1 unspecified atom stereocenters. The van der Waals surface area contributed by atoms with E-state index in [-0.39, 0.29) is 12.0 Å². The van der Waals surface area contributed by atoms with Crippen LogP contribution in [0.3, 0.4) is 0 Å². The molecule has 0 bridgehead atoms. The molecule has 2 aromatic rings. The Morgan fingerprint density at radius 3 is 2.70 bits per heavy atom. The van der Waals surface area contributed by atoms with Gasteiger partial charge in [0.2, 0.25) is 0 Å². The Hall–Kier alpha value is -2.40. The number of pyridine rings is 1. The Bertz CT molecular complexity index is 802. The van der Waals surface area contributed by atoms with Crippen LogP contribution in [0.25, 0.3) is 0 Å². The number of nitrogens with zero attached hydrogens (tertiary/aromatic N) is 3. The second kappa shape index (κ2) is 8.09. The first kappa shape index (κ1) is 18.0. The van der Waals surface area contributed by atoms with Crippen LogP contribution < -0.4 is 4.90 Å². The highest BCUT2D eigenvalue weighted by Crippen LogP contribution is 2.29. The molecule has 0 saturated carbocycles. The van der Waals surface area contributed by atoms with Gasteiger partial charge in [0.25, 0.3) is 5.91 Å². The molecule has 1 atom stereocenters. The fourth-order valence-corrected chi connectivity index (χ4v) is 4.06. The molecule has 0 N–H and O–H groups in total. The maximum Gasteiger partial charge on any atom is 0.257 e. The molecule has 0 radical (unpaired) electrons. The van der Waals surface area contributed by atoms with Crippen LogP contribution in [0.5, 0.6) is 0 Å². The van der Waals surface area contributed by atoms with E-state index >= 15 is 0 Å². The van der Waals surface area contributed by atoms with E-state index in [9.17, 15) is 4.79 Å². The van der Waals surface area contributed by atoms with E-state index < -0.39 is 0 Å². The van der Waals surface area contributed by atoms with Gasteiger partial charge in [-0.05, 0) is 49.4 Å². The third-order valence-electron chi connectivity index (χ3n) is 5.56. The van der Waals surface area contributed by atoms with Crippen molar-refractivity contribution >= 4 is 11.7 Å². The summed E-state index contributed by atoms with van der Waals surface area (Å²) in [5, 5.41) is 0. The summed E-state index contributed by atoms with van der Waals surface area (Å²) in [7, 11) is 0. The van der Waals surface area contributed by atoms with Crippen molar-refractivity contribution < 1.29 is 9.53 Å². The third-order valence-corrected chi connectivity index (χ3v) is 5.56. The molecule has 2 aliphatic rings. The lowest BCUT2D eigenvalue weighted by molar-refractivity contribution is 0.0389. The summed E-state index contributed by atoms with van der Waals surface area (Å²) in [6, 6.07) is 12.1. The molecule has 2 aliphatic heterocycles. The largest absolute Gasteiger partial charge is 0.370 e. The average Bonchev–Trinajstić information content (AvgIpc) is 2.74. The number of carbonyl (C=O) groups excluding carboxylic acids is 1.